The molecule has 0 spiro atoms. The minimum absolute atomic E-state index is 0.174. The highest BCUT2D eigenvalue weighted by Gasteiger charge is 2.14. The van der Waals surface area contributed by atoms with Crippen LogP contribution in [0.4, 0.5) is 4.39 Å². The molecule has 0 amide bonds. The normalized spacial score (nSPS) is 11.0. The monoisotopic (exact) mass is 252 g/mol. The number of halogens is 1. The average Bonchev–Trinajstić information content (AvgIpc) is 2.72. The van der Waals surface area contributed by atoms with Crippen LogP contribution < -0.4 is 0 Å². The largest absolute Gasteiger partial charge is 0.453 e. The molecule has 2 aromatic rings. The predicted octanol–water partition coefficient (Wildman–Crippen LogP) is 2.55. The molecule has 2 rings (SSSR count). The first-order valence-corrected chi connectivity index (χ1v) is 5.49. The van der Waals surface area contributed by atoms with Gasteiger partial charge in [0.2, 0.25) is 0 Å². The first-order valence-electron chi connectivity index (χ1n) is 5.49. The number of ether oxygens (including phenoxy) is 2. The van der Waals surface area contributed by atoms with Crippen LogP contribution in [0.2, 0.25) is 0 Å². The lowest BCUT2D eigenvalue weighted by Crippen LogP contribution is -2.02. The lowest BCUT2D eigenvalue weighted by molar-refractivity contribution is 0.0614. The van der Waals surface area contributed by atoms with Crippen LogP contribution in [0.3, 0.4) is 0 Å². The molecule has 0 bridgehead atoms. The summed E-state index contributed by atoms with van der Waals surface area (Å²) in [5, 5.41) is 0.564. The summed E-state index contributed by atoms with van der Waals surface area (Å²) >= 11 is 0. The van der Waals surface area contributed by atoms with Gasteiger partial charge in [0.1, 0.15) is 11.4 Å². The fourth-order valence-corrected chi connectivity index (χ4v) is 1.70. The minimum atomic E-state index is -0.376. The van der Waals surface area contributed by atoms with Crippen molar-refractivity contribution in [1.29, 1.82) is 0 Å². The van der Waals surface area contributed by atoms with Gasteiger partial charge < -0.3 is 13.9 Å². The van der Waals surface area contributed by atoms with Crippen molar-refractivity contribution in [1.82, 2.24) is 0 Å². The number of carbonyl (C=O) groups excluding carboxylic acids is 1. The van der Waals surface area contributed by atoms with E-state index >= 15 is 0 Å². The lowest BCUT2D eigenvalue weighted by atomic mass is 10.1. The second-order valence-corrected chi connectivity index (χ2v) is 3.75. The molecule has 0 fully saturated rings. The molecule has 0 atom stereocenters. The van der Waals surface area contributed by atoms with E-state index < -0.39 is 0 Å². The number of hydrogen-bond acceptors (Lipinski definition) is 4. The van der Waals surface area contributed by atoms with E-state index in [1.807, 2.05) is 0 Å². The molecule has 4 nitrogen and oxygen atoms in total. The SMILES string of the molecule is COCCOCc1c(C=O)oc2ccc(F)cc12. The number of furan rings is 1. The summed E-state index contributed by atoms with van der Waals surface area (Å²) in [6.45, 7) is 1.05. The van der Waals surface area contributed by atoms with E-state index in [1.54, 1.807) is 7.11 Å². The molecule has 0 saturated carbocycles. The zero-order valence-corrected chi connectivity index (χ0v) is 9.94. The van der Waals surface area contributed by atoms with Crippen molar-refractivity contribution in [3.8, 4) is 0 Å². The van der Waals surface area contributed by atoms with Gasteiger partial charge in [-0.3, -0.25) is 4.79 Å². The Morgan fingerprint density at radius 2 is 2.22 bits per heavy atom. The van der Waals surface area contributed by atoms with Crippen LogP contribution in [0.15, 0.2) is 22.6 Å². The number of rotatable bonds is 6. The summed E-state index contributed by atoms with van der Waals surface area (Å²) in [5.41, 5.74) is 1.04. The first kappa shape index (κ1) is 12.7. The fourth-order valence-electron chi connectivity index (χ4n) is 1.70. The molecule has 1 heterocycles. The van der Waals surface area contributed by atoms with E-state index in [0.29, 0.717) is 36.0 Å². The van der Waals surface area contributed by atoms with Crippen molar-refractivity contribution in [3.63, 3.8) is 0 Å². The van der Waals surface area contributed by atoms with Crippen molar-refractivity contribution in [3.05, 3.63) is 35.3 Å². The van der Waals surface area contributed by atoms with Crippen molar-refractivity contribution in [2.75, 3.05) is 20.3 Å². The van der Waals surface area contributed by atoms with E-state index in [4.69, 9.17) is 13.9 Å². The molecular formula is C13H13FO4. The summed E-state index contributed by atoms with van der Waals surface area (Å²) in [5.74, 6) is -0.202. The molecule has 0 saturated heterocycles. The summed E-state index contributed by atoms with van der Waals surface area (Å²) in [7, 11) is 1.57. The van der Waals surface area contributed by atoms with Crippen LogP contribution >= 0.6 is 0 Å². The Balaban J connectivity index is 2.28. The Bertz CT molecular complexity index is 547. The first-order chi connectivity index (χ1) is 8.76. The van der Waals surface area contributed by atoms with Crippen LogP contribution in [-0.4, -0.2) is 26.6 Å². The Morgan fingerprint density at radius 1 is 1.39 bits per heavy atom. The van der Waals surface area contributed by atoms with Gasteiger partial charge in [0.05, 0.1) is 19.8 Å². The molecule has 0 aliphatic heterocycles. The Hall–Kier alpha value is -1.72. The topological polar surface area (TPSA) is 48.7 Å². The second-order valence-electron chi connectivity index (χ2n) is 3.75. The van der Waals surface area contributed by atoms with E-state index in [0.717, 1.165) is 0 Å². The minimum Gasteiger partial charge on any atom is -0.453 e. The summed E-state index contributed by atoms with van der Waals surface area (Å²) in [4.78, 5) is 10.9. The predicted molar refractivity (Wildman–Crippen MR) is 63.1 cm³/mol. The summed E-state index contributed by atoms with van der Waals surface area (Å²) in [6.07, 6.45) is 0.604. The van der Waals surface area contributed by atoms with Crippen molar-refractivity contribution < 1.29 is 23.1 Å². The molecule has 1 aromatic carbocycles. The lowest BCUT2D eigenvalue weighted by Gasteiger charge is -2.02. The van der Waals surface area contributed by atoms with Crippen molar-refractivity contribution >= 4 is 17.3 Å². The maximum absolute atomic E-state index is 13.2. The fraction of sp³-hybridized carbons (Fsp3) is 0.308. The van der Waals surface area contributed by atoms with Gasteiger partial charge >= 0.3 is 0 Å². The average molecular weight is 252 g/mol. The zero-order valence-electron chi connectivity index (χ0n) is 9.94. The van der Waals surface area contributed by atoms with E-state index in [-0.39, 0.29) is 18.2 Å². The van der Waals surface area contributed by atoms with Crippen LogP contribution in [0.5, 0.6) is 0 Å². The van der Waals surface area contributed by atoms with Crippen LogP contribution in [0, 0.1) is 5.82 Å². The highest BCUT2D eigenvalue weighted by Crippen LogP contribution is 2.26. The maximum Gasteiger partial charge on any atom is 0.185 e. The van der Waals surface area contributed by atoms with Gasteiger partial charge in [0.25, 0.3) is 0 Å². The standard InChI is InChI=1S/C13H13FO4/c1-16-4-5-17-8-11-10-6-9(14)2-3-12(10)18-13(11)7-15/h2-3,6-7H,4-5,8H2,1H3. The van der Waals surface area contributed by atoms with Crippen LogP contribution in [-0.2, 0) is 16.1 Å². The number of fused-ring (bicyclic) bond motifs is 1. The third-order valence-corrected chi connectivity index (χ3v) is 2.57. The maximum atomic E-state index is 13.2. The van der Waals surface area contributed by atoms with E-state index in [2.05, 4.69) is 0 Å². The number of methoxy groups -OCH3 is 1. The molecular weight excluding hydrogens is 239 g/mol. The zero-order chi connectivity index (χ0) is 13.0. The summed E-state index contributed by atoms with van der Waals surface area (Å²) in [6, 6.07) is 4.12. The van der Waals surface area contributed by atoms with E-state index in [9.17, 15) is 9.18 Å². The van der Waals surface area contributed by atoms with Gasteiger partial charge in [0.15, 0.2) is 12.0 Å². The van der Waals surface area contributed by atoms with Crippen molar-refractivity contribution in [2.24, 2.45) is 0 Å². The number of carbonyl (C=O) groups is 1. The van der Waals surface area contributed by atoms with Crippen LogP contribution in [0.1, 0.15) is 16.1 Å². The number of hydrogen-bond donors (Lipinski definition) is 0. The quantitative estimate of drug-likeness (QED) is 0.585. The summed E-state index contributed by atoms with van der Waals surface area (Å²) < 4.78 is 28.7. The Kier molecular flexibility index (Phi) is 4.07. The number of aldehydes is 1. The van der Waals surface area contributed by atoms with Gasteiger partial charge in [-0.2, -0.15) is 0 Å². The molecule has 96 valence electrons. The van der Waals surface area contributed by atoms with Crippen LogP contribution in [0.25, 0.3) is 11.0 Å². The highest BCUT2D eigenvalue weighted by atomic mass is 19.1. The smallest absolute Gasteiger partial charge is 0.185 e. The Morgan fingerprint density at radius 3 is 2.94 bits per heavy atom. The molecule has 0 radical (unpaired) electrons. The van der Waals surface area contributed by atoms with Gasteiger partial charge in [-0.05, 0) is 18.2 Å². The molecule has 1 aromatic heterocycles. The molecule has 0 unspecified atom stereocenters. The van der Waals surface area contributed by atoms with Gasteiger partial charge in [-0.1, -0.05) is 0 Å². The third-order valence-electron chi connectivity index (χ3n) is 2.57. The molecule has 0 aliphatic carbocycles. The molecule has 0 aliphatic rings. The highest BCUT2D eigenvalue weighted by molar-refractivity contribution is 5.89. The van der Waals surface area contributed by atoms with Gasteiger partial charge in [0, 0.05) is 18.1 Å². The second kappa shape index (κ2) is 5.75. The van der Waals surface area contributed by atoms with Gasteiger partial charge in [-0.15, -0.1) is 0 Å². The third kappa shape index (κ3) is 2.57. The molecule has 5 heteroatoms. The van der Waals surface area contributed by atoms with E-state index in [1.165, 1.54) is 18.2 Å². The van der Waals surface area contributed by atoms with Gasteiger partial charge in [-0.25, -0.2) is 4.39 Å². The number of benzene rings is 1. The molecule has 0 N–H and O–H groups in total. The Labute approximate surface area is 103 Å². The van der Waals surface area contributed by atoms with Crippen molar-refractivity contribution in [2.45, 2.75) is 6.61 Å². The molecule has 18 heavy (non-hydrogen) atoms.